The Kier molecular flexibility index (Phi) is 7.67. The van der Waals surface area contributed by atoms with E-state index in [0.29, 0.717) is 27.9 Å². The van der Waals surface area contributed by atoms with Crippen molar-refractivity contribution in [1.29, 1.82) is 0 Å². The second-order valence-electron chi connectivity index (χ2n) is 9.83. The molecular formula is C26H31ClF3N7O. The van der Waals surface area contributed by atoms with Crippen LogP contribution in [0, 0.1) is 0 Å². The number of anilines is 2. The van der Waals surface area contributed by atoms with Gasteiger partial charge < -0.3 is 24.8 Å². The molecule has 0 unspecified atom stereocenters. The summed E-state index contributed by atoms with van der Waals surface area (Å²) >= 11 is 6.50. The molecular weight excluding hydrogens is 519 g/mol. The summed E-state index contributed by atoms with van der Waals surface area (Å²) in [7, 11) is 1.76. The van der Waals surface area contributed by atoms with Gasteiger partial charge in [-0.3, -0.25) is 0 Å². The third-order valence-corrected chi connectivity index (χ3v) is 7.78. The summed E-state index contributed by atoms with van der Waals surface area (Å²) in [6.07, 6.45) is 2.68. The molecule has 2 aliphatic rings. The van der Waals surface area contributed by atoms with Crippen LogP contribution in [0.2, 0.25) is 5.02 Å². The van der Waals surface area contributed by atoms with E-state index in [9.17, 15) is 18.3 Å². The standard InChI is InChI=1S/C26H31ClF3N7O/c1-31-23-22(27)25(33-16-32-23)36-10-6-17(7-11-36)24-34-20(15-37(24)13-12-35-8-2-3-9-35)18-4-5-21(38)19(14-18)26(28,29)30/h4-5,14-17,38H,2-3,6-13H2,1H3,(H,31,32,33). The maximum atomic E-state index is 13.4. The lowest BCUT2D eigenvalue weighted by Gasteiger charge is -2.33. The number of halogens is 4. The number of nitrogens with one attached hydrogen (secondary N) is 1. The molecule has 4 heterocycles. The number of aromatic hydroxyl groups is 1. The fourth-order valence-electron chi connectivity index (χ4n) is 5.36. The number of phenolic OH excluding ortho intramolecular Hbond substituents is 1. The van der Waals surface area contributed by atoms with E-state index in [1.165, 1.54) is 25.2 Å². The normalized spacial score (nSPS) is 17.3. The molecule has 0 aliphatic carbocycles. The number of imidazole rings is 1. The third-order valence-electron chi connectivity index (χ3n) is 7.43. The van der Waals surface area contributed by atoms with Crippen LogP contribution in [-0.2, 0) is 12.7 Å². The van der Waals surface area contributed by atoms with Crippen LogP contribution in [0.1, 0.15) is 43.0 Å². The molecule has 5 rings (SSSR count). The fraction of sp³-hybridized carbons (Fsp3) is 0.500. The van der Waals surface area contributed by atoms with E-state index in [1.54, 1.807) is 7.05 Å². The van der Waals surface area contributed by atoms with Crippen LogP contribution < -0.4 is 10.2 Å². The average molecular weight is 550 g/mol. The topological polar surface area (TPSA) is 82.3 Å². The van der Waals surface area contributed by atoms with Crippen LogP contribution in [0.15, 0.2) is 30.7 Å². The van der Waals surface area contributed by atoms with Crippen molar-refractivity contribution in [3.63, 3.8) is 0 Å². The Bertz CT molecular complexity index is 1270. The number of piperidine rings is 1. The molecule has 1 aromatic carbocycles. The molecule has 2 aromatic heterocycles. The molecule has 2 N–H and O–H groups in total. The van der Waals surface area contributed by atoms with Crippen molar-refractivity contribution in [2.75, 3.05) is 50.0 Å². The smallest absolute Gasteiger partial charge is 0.419 e. The van der Waals surface area contributed by atoms with Gasteiger partial charge in [-0.05, 0) is 57.0 Å². The van der Waals surface area contributed by atoms with Gasteiger partial charge in [-0.2, -0.15) is 13.2 Å². The van der Waals surface area contributed by atoms with Gasteiger partial charge in [0.1, 0.15) is 28.7 Å². The lowest BCUT2D eigenvalue weighted by atomic mass is 9.96. The zero-order chi connectivity index (χ0) is 26.9. The molecule has 38 heavy (non-hydrogen) atoms. The van der Waals surface area contributed by atoms with Crippen molar-refractivity contribution < 1.29 is 18.3 Å². The Balaban J connectivity index is 1.40. The predicted molar refractivity (Wildman–Crippen MR) is 141 cm³/mol. The number of benzene rings is 1. The SMILES string of the molecule is CNc1ncnc(N2CCC(c3nc(-c4ccc(O)c(C(F)(F)F)c4)cn3CCN3CCCC3)CC2)c1Cl. The lowest BCUT2D eigenvalue weighted by molar-refractivity contribution is -0.138. The number of rotatable bonds is 7. The van der Waals surface area contributed by atoms with Gasteiger partial charge in [0.25, 0.3) is 0 Å². The first-order valence-electron chi connectivity index (χ1n) is 12.9. The summed E-state index contributed by atoms with van der Waals surface area (Å²) in [5.74, 6) is 1.50. The second-order valence-corrected chi connectivity index (χ2v) is 10.2. The maximum absolute atomic E-state index is 13.4. The van der Waals surface area contributed by atoms with E-state index in [4.69, 9.17) is 16.6 Å². The van der Waals surface area contributed by atoms with E-state index < -0.39 is 17.5 Å². The zero-order valence-corrected chi connectivity index (χ0v) is 21.9. The minimum Gasteiger partial charge on any atom is -0.507 e. The largest absolute Gasteiger partial charge is 0.507 e. The molecule has 0 bridgehead atoms. The van der Waals surface area contributed by atoms with Gasteiger partial charge in [-0.25, -0.2) is 15.0 Å². The van der Waals surface area contributed by atoms with Gasteiger partial charge in [0.05, 0.1) is 11.3 Å². The van der Waals surface area contributed by atoms with Gasteiger partial charge in [-0.15, -0.1) is 0 Å². The Morgan fingerprint density at radius 3 is 2.50 bits per heavy atom. The molecule has 0 saturated carbocycles. The molecule has 12 heteroatoms. The zero-order valence-electron chi connectivity index (χ0n) is 21.2. The highest BCUT2D eigenvalue weighted by Crippen LogP contribution is 2.39. The van der Waals surface area contributed by atoms with Gasteiger partial charge >= 0.3 is 6.18 Å². The van der Waals surface area contributed by atoms with Crippen molar-refractivity contribution in [2.45, 2.75) is 44.3 Å². The van der Waals surface area contributed by atoms with E-state index >= 15 is 0 Å². The second kappa shape index (κ2) is 11.0. The number of nitrogens with zero attached hydrogens (tertiary/aromatic N) is 6. The van der Waals surface area contributed by atoms with Crippen molar-refractivity contribution in [2.24, 2.45) is 0 Å². The van der Waals surface area contributed by atoms with Gasteiger partial charge in [0.2, 0.25) is 0 Å². The van der Waals surface area contributed by atoms with Crippen LogP contribution in [0.25, 0.3) is 11.3 Å². The van der Waals surface area contributed by atoms with Crippen molar-refractivity contribution in [3.8, 4) is 17.0 Å². The van der Waals surface area contributed by atoms with Crippen LogP contribution in [-0.4, -0.2) is 69.3 Å². The Morgan fingerprint density at radius 1 is 1.08 bits per heavy atom. The van der Waals surface area contributed by atoms with E-state index in [-0.39, 0.29) is 5.92 Å². The summed E-state index contributed by atoms with van der Waals surface area (Å²) in [5, 5.41) is 13.2. The van der Waals surface area contributed by atoms with Gasteiger partial charge in [-0.1, -0.05) is 11.6 Å². The Morgan fingerprint density at radius 2 is 1.82 bits per heavy atom. The van der Waals surface area contributed by atoms with E-state index in [0.717, 1.165) is 70.1 Å². The van der Waals surface area contributed by atoms with Gasteiger partial charge in [0.15, 0.2) is 5.82 Å². The quantitative estimate of drug-likeness (QED) is 0.417. The molecule has 8 nitrogen and oxygen atoms in total. The summed E-state index contributed by atoms with van der Waals surface area (Å²) in [6, 6.07) is 3.55. The molecule has 2 aliphatic heterocycles. The molecule has 204 valence electrons. The van der Waals surface area contributed by atoms with E-state index in [1.807, 2.05) is 6.20 Å². The first-order chi connectivity index (χ1) is 18.2. The number of hydrogen-bond acceptors (Lipinski definition) is 7. The third kappa shape index (κ3) is 5.54. The van der Waals surface area contributed by atoms with Crippen molar-refractivity contribution in [3.05, 3.63) is 47.1 Å². The fourth-order valence-corrected chi connectivity index (χ4v) is 5.67. The number of aromatic nitrogens is 4. The number of phenols is 1. The van der Waals surface area contributed by atoms with Crippen LogP contribution >= 0.6 is 11.6 Å². The number of hydrogen-bond donors (Lipinski definition) is 2. The van der Waals surface area contributed by atoms with Crippen molar-refractivity contribution >= 4 is 23.2 Å². The molecule has 0 radical (unpaired) electrons. The van der Waals surface area contributed by atoms with Crippen LogP contribution in [0.3, 0.4) is 0 Å². The minimum absolute atomic E-state index is 0.141. The summed E-state index contributed by atoms with van der Waals surface area (Å²) in [4.78, 5) is 17.9. The predicted octanol–water partition coefficient (Wildman–Crippen LogP) is 5.24. The molecule has 3 aromatic rings. The molecule has 2 fully saturated rings. The summed E-state index contributed by atoms with van der Waals surface area (Å²) in [5.41, 5.74) is -0.243. The van der Waals surface area contributed by atoms with Gasteiger partial charge in [0, 0.05) is 50.9 Å². The highest BCUT2D eigenvalue weighted by atomic mass is 35.5. The minimum atomic E-state index is -4.65. The van der Waals surface area contributed by atoms with Crippen LogP contribution in [0.5, 0.6) is 5.75 Å². The Labute approximate surface area is 224 Å². The molecule has 0 spiro atoms. The molecule has 0 atom stereocenters. The van der Waals surface area contributed by atoms with E-state index in [2.05, 4.69) is 29.7 Å². The monoisotopic (exact) mass is 549 g/mol. The average Bonchev–Trinajstić information content (AvgIpc) is 3.58. The molecule has 2 saturated heterocycles. The first kappa shape index (κ1) is 26.6. The molecule has 0 amide bonds. The highest BCUT2D eigenvalue weighted by molar-refractivity contribution is 6.35. The number of alkyl halides is 3. The highest BCUT2D eigenvalue weighted by Gasteiger charge is 2.34. The Hall–Kier alpha value is -3.05. The van der Waals surface area contributed by atoms with Crippen LogP contribution in [0.4, 0.5) is 24.8 Å². The van der Waals surface area contributed by atoms with Crippen molar-refractivity contribution in [1.82, 2.24) is 24.4 Å². The summed E-state index contributed by atoms with van der Waals surface area (Å²) in [6.45, 7) is 5.16. The lowest BCUT2D eigenvalue weighted by Crippen LogP contribution is -2.35. The summed E-state index contributed by atoms with van der Waals surface area (Å²) < 4.78 is 42.4. The maximum Gasteiger partial charge on any atom is 0.419 e. The first-order valence-corrected chi connectivity index (χ1v) is 13.3. The number of likely N-dealkylation sites (tertiary alicyclic amines) is 1.